The second kappa shape index (κ2) is 4.39. The first-order chi connectivity index (χ1) is 8.63. The highest BCUT2D eigenvalue weighted by Gasteiger charge is 2.30. The lowest BCUT2D eigenvalue weighted by Crippen LogP contribution is -2.27. The summed E-state index contributed by atoms with van der Waals surface area (Å²) >= 11 is 6.03. The van der Waals surface area contributed by atoms with Crippen LogP contribution in [0.4, 0.5) is 5.82 Å². The Hall–Kier alpha value is -1.36. The molecule has 2 heterocycles. The van der Waals surface area contributed by atoms with Crippen molar-refractivity contribution in [2.75, 3.05) is 18.0 Å². The Balaban J connectivity index is 1.81. The summed E-state index contributed by atoms with van der Waals surface area (Å²) in [6.07, 6.45) is 3.07. The van der Waals surface area contributed by atoms with Gasteiger partial charge in [-0.1, -0.05) is 11.6 Å². The summed E-state index contributed by atoms with van der Waals surface area (Å²) < 4.78 is 0. The number of nitrogens with zero attached hydrogens (tertiary/aromatic N) is 3. The fraction of sp³-hybridized carbons (Fsp3) is 0.583. The van der Waals surface area contributed by atoms with Gasteiger partial charge >= 0.3 is 0 Å². The first-order valence-corrected chi connectivity index (χ1v) is 6.60. The van der Waals surface area contributed by atoms with Gasteiger partial charge in [-0.15, -0.1) is 0 Å². The van der Waals surface area contributed by atoms with Crippen molar-refractivity contribution in [3.8, 4) is 0 Å². The van der Waals surface area contributed by atoms with Crippen LogP contribution in [0.5, 0.6) is 0 Å². The molecule has 1 saturated heterocycles. The van der Waals surface area contributed by atoms with Gasteiger partial charge in [-0.05, 0) is 19.3 Å². The summed E-state index contributed by atoms with van der Waals surface area (Å²) in [6, 6.07) is 1.76. The normalized spacial score (nSPS) is 23.4. The third kappa shape index (κ3) is 2.27. The van der Waals surface area contributed by atoms with E-state index in [9.17, 15) is 4.79 Å². The summed E-state index contributed by atoms with van der Waals surface area (Å²) in [5.41, 5.74) is 5.33. The molecular formula is C12H15ClN4O. The lowest BCUT2D eigenvalue weighted by atomic mass is 10.1. The Morgan fingerprint density at radius 2 is 2.17 bits per heavy atom. The summed E-state index contributed by atoms with van der Waals surface area (Å²) in [4.78, 5) is 22.0. The predicted molar refractivity (Wildman–Crippen MR) is 68.5 cm³/mol. The molecule has 18 heavy (non-hydrogen) atoms. The van der Waals surface area contributed by atoms with E-state index >= 15 is 0 Å². The predicted octanol–water partition coefficient (Wildman–Crippen LogP) is 1.32. The van der Waals surface area contributed by atoms with Gasteiger partial charge in [0.25, 0.3) is 0 Å². The molecule has 1 amide bonds. The molecule has 0 aromatic carbocycles. The Morgan fingerprint density at radius 3 is 2.78 bits per heavy atom. The molecule has 2 fully saturated rings. The van der Waals surface area contributed by atoms with Crippen LogP contribution >= 0.6 is 11.6 Å². The van der Waals surface area contributed by atoms with E-state index < -0.39 is 0 Å². The summed E-state index contributed by atoms with van der Waals surface area (Å²) in [7, 11) is 0. The zero-order valence-corrected chi connectivity index (χ0v) is 10.7. The number of aromatic nitrogens is 2. The van der Waals surface area contributed by atoms with Crippen molar-refractivity contribution in [1.29, 1.82) is 0 Å². The molecule has 0 bridgehead atoms. The van der Waals surface area contributed by atoms with Crippen LogP contribution in [0.15, 0.2) is 6.07 Å². The average Bonchev–Trinajstić information content (AvgIpc) is 3.05. The number of anilines is 1. The summed E-state index contributed by atoms with van der Waals surface area (Å²) in [6.45, 7) is 1.43. The third-order valence-corrected chi connectivity index (χ3v) is 3.75. The largest absolute Gasteiger partial charge is 0.369 e. The van der Waals surface area contributed by atoms with Gasteiger partial charge in [0, 0.05) is 25.1 Å². The van der Waals surface area contributed by atoms with Crippen LogP contribution in [0.3, 0.4) is 0 Å². The molecule has 2 aliphatic rings. The van der Waals surface area contributed by atoms with E-state index in [4.69, 9.17) is 17.3 Å². The number of hydrogen-bond acceptors (Lipinski definition) is 4. The van der Waals surface area contributed by atoms with Crippen molar-refractivity contribution in [2.45, 2.75) is 25.2 Å². The quantitative estimate of drug-likeness (QED) is 0.838. The van der Waals surface area contributed by atoms with Gasteiger partial charge in [-0.3, -0.25) is 4.79 Å². The van der Waals surface area contributed by atoms with Gasteiger partial charge in [0.15, 0.2) is 0 Å². The average molecular weight is 267 g/mol. The van der Waals surface area contributed by atoms with E-state index in [0.29, 0.717) is 17.6 Å². The Bertz CT molecular complexity index is 489. The topological polar surface area (TPSA) is 72.1 Å². The maximum Gasteiger partial charge on any atom is 0.222 e. The van der Waals surface area contributed by atoms with E-state index in [0.717, 1.165) is 37.4 Å². The van der Waals surface area contributed by atoms with E-state index in [2.05, 4.69) is 14.9 Å². The van der Waals surface area contributed by atoms with Gasteiger partial charge in [0.1, 0.15) is 16.8 Å². The Kier molecular flexibility index (Phi) is 2.86. The minimum atomic E-state index is -0.236. The molecule has 1 unspecified atom stereocenters. The molecule has 2 N–H and O–H groups in total. The molecule has 1 aromatic rings. The van der Waals surface area contributed by atoms with Crippen molar-refractivity contribution in [3.63, 3.8) is 0 Å². The van der Waals surface area contributed by atoms with Gasteiger partial charge < -0.3 is 10.6 Å². The molecule has 0 radical (unpaired) electrons. The van der Waals surface area contributed by atoms with Crippen LogP contribution in [0.1, 0.15) is 31.0 Å². The zero-order chi connectivity index (χ0) is 12.7. The molecule has 1 atom stereocenters. The van der Waals surface area contributed by atoms with Crippen LogP contribution in [-0.2, 0) is 4.79 Å². The number of carbonyl (C=O) groups excluding carboxylic acids is 1. The SMILES string of the molecule is NC(=O)C1CCN(c2cc(Cl)nc(C3CC3)n2)C1. The highest BCUT2D eigenvalue weighted by Crippen LogP contribution is 2.39. The van der Waals surface area contributed by atoms with Crippen molar-refractivity contribution < 1.29 is 4.79 Å². The first-order valence-electron chi connectivity index (χ1n) is 6.22. The fourth-order valence-corrected chi connectivity index (χ4v) is 2.49. The molecule has 5 nitrogen and oxygen atoms in total. The van der Waals surface area contributed by atoms with Crippen molar-refractivity contribution >= 4 is 23.3 Å². The smallest absolute Gasteiger partial charge is 0.222 e. The molecule has 3 rings (SSSR count). The van der Waals surface area contributed by atoms with Gasteiger partial charge in [-0.25, -0.2) is 9.97 Å². The van der Waals surface area contributed by atoms with Crippen LogP contribution in [0.25, 0.3) is 0 Å². The standard InChI is InChI=1S/C12H15ClN4O/c13-9-5-10(16-12(15-9)7-1-2-7)17-4-3-8(6-17)11(14)18/h5,7-8H,1-4,6H2,(H2,14,18). The lowest BCUT2D eigenvalue weighted by Gasteiger charge is -2.17. The Morgan fingerprint density at radius 1 is 1.39 bits per heavy atom. The molecule has 1 aliphatic carbocycles. The first kappa shape index (κ1) is 11.7. The van der Waals surface area contributed by atoms with Crippen LogP contribution in [0.2, 0.25) is 5.15 Å². The molecule has 1 saturated carbocycles. The van der Waals surface area contributed by atoms with Crippen molar-refractivity contribution in [2.24, 2.45) is 11.7 Å². The minimum absolute atomic E-state index is 0.0804. The zero-order valence-electron chi connectivity index (χ0n) is 9.97. The molecule has 1 aromatic heterocycles. The van der Waals surface area contributed by atoms with Crippen molar-refractivity contribution in [1.82, 2.24) is 9.97 Å². The highest BCUT2D eigenvalue weighted by molar-refractivity contribution is 6.29. The second-order valence-corrected chi connectivity index (χ2v) is 5.40. The van der Waals surface area contributed by atoms with Crippen LogP contribution < -0.4 is 10.6 Å². The van der Waals surface area contributed by atoms with Gasteiger partial charge in [0.05, 0.1) is 5.92 Å². The summed E-state index contributed by atoms with van der Waals surface area (Å²) in [5.74, 6) is 1.81. The van der Waals surface area contributed by atoms with E-state index in [-0.39, 0.29) is 11.8 Å². The number of carbonyl (C=O) groups is 1. The number of rotatable bonds is 3. The number of hydrogen-bond donors (Lipinski definition) is 1. The summed E-state index contributed by atoms with van der Waals surface area (Å²) in [5, 5.41) is 0.476. The number of halogens is 1. The number of nitrogens with two attached hydrogens (primary N) is 1. The fourth-order valence-electron chi connectivity index (χ4n) is 2.31. The second-order valence-electron chi connectivity index (χ2n) is 5.02. The van der Waals surface area contributed by atoms with Crippen LogP contribution in [-0.4, -0.2) is 29.0 Å². The molecular weight excluding hydrogens is 252 g/mol. The van der Waals surface area contributed by atoms with E-state index in [1.165, 1.54) is 0 Å². The molecule has 96 valence electrons. The maximum absolute atomic E-state index is 11.2. The van der Waals surface area contributed by atoms with E-state index in [1.54, 1.807) is 6.07 Å². The minimum Gasteiger partial charge on any atom is -0.369 e. The Labute approximate surface area is 110 Å². The third-order valence-electron chi connectivity index (χ3n) is 3.56. The maximum atomic E-state index is 11.2. The number of amides is 1. The molecule has 1 aliphatic heterocycles. The lowest BCUT2D eigenvalue weighted by molar-refractivity contribution is -0.121. The van der Waals surface area contributed by atoms with Crippen LogP contribution in [0, 0.1) is 5.92 Å². The molecule has 0 spiro atoms. The van der Waals surface area contributed by atoms with Crippen molar-refractivity contribution in [3.05, 3.63) is 17.0 Å². The highest BCUT2D eigenvalue weighted by atomic mass is 35.5. The number of primary amides is 1. The van der Waals surface area contributed by atoms with Gasteiger partial charge in [0.2, 0.25) is 5.91 Å². The monoisotopic (exact) mass is 266 g/mol. The van der Waals surface area contributed by atoms with Gasteiger partial charge in [-0.2, -0.15) is 0 Å². The molecule has 6 heteroatoms. The van der Waals surface area contributed by atoms with E-state index in [1.807, 2.05) is 0 Å².